The second-order valence-corrected chi connectivity index (χ2v) is 9.62. The van der Waals surface area contributed by atoms with Crippen LogP contribution in [0.1, 0.15) is 18.4 Å². The number of anilines is 1. The molecular weight excluding hydrogens is 475 g/mol. The van der Waals surface area contributed by atoms with Gasteiger partial charge in [0.05, 0.1) is 28.4 Å². The third-order valence-electron chi connectivity index (χ3n) is 5.44. The highest BCUT2D eigenvalue weighted by molar-refractivity contribution is 7.92. The van der Waals surface area contributed by atoms with Crippen molar-refractivity contribution in [3.63, 3.8) is 0 Å². The van der Waals surface area contributed by atoms with Crippen LogP contribution in [-0.2, 0) is 28.0 Å². The Balaban J connectivity index is 1.81. The van der Waals surface area contributed by atoms with Crippen LogP contribution in [0.2, 0.25) is 0 Å². The van der Waals surface area contributed by atoms with Gasteiger partial charge in [0, 0.05) is 25.2 Å². The lowest BCUT2D eigenvalue weighted by molar-refractivity contribution is -0.138. The van der Waals surface area contributed by atoms with Gasteiger partial charge in [0.15, 0.2) is 0 Å². The van der Waals surface area contributed by atoms with Crippen molar-refractivity contribution in [1.82, 2.24) is 9.78 Å². The van der Waals surface area contributed by atoms with E-state index in [4.69, 9.17) is 9.84 Å². The first kappa shape index (κ1) is 23.6. The number of aryl methyl sites for hydroxylation is 1. The van der Waals surface area contributed by atoms with Gasteiger partial charge < -0.3 is 9.84 Å². The van der Waals surface area contributed by atoms with Gasteiger partial charge >= 0.3 is 12.1 Å². The molecule has 12 heteroatoms. The minimum atomic E-state index is -4.72. The van der Waals surface area contributed by atoms with E-state index in [9.17, 15) is 26.4 Å². The van der Waals surface area contributed by atoms with Crippen LogP contribution in [0, 0.1) is 0 Å². The Kier molecular flexibility index (Phi) is 6.02. The molecule has 1 aliphatic heterocycles. The van der Waals surface area contributed by atoms with Gasteiger partial charge in [-0.1, -0.05) is 6.07 Å². The Bertz CT molecular complexity index is 1340. The number of fused-ring (bicyclic) bond motifs is 1. The average Bonchev–Trinajstić information content (AvgIpc) is 3.22. The monoisotopic (exact) mass is 495 g/mol. The smallest absolute Gasteiger partial charge is 0.416 e. The number of hydrogen-bond acceptors (Lipinski definition) is 5. The summed E-state index contributed by atoms with van der Waals surface area (Å²) >= 11 is 0. The number of carboxylic acids is 1. The van der Waals surface area contributed by atoms with E-state index in [0.717, 1.165) is 22.5 Å². The SMILES string of the molecule is Cn1nccc1-c1ccc2c(c1)N(S(=O)(=O)c1cccc(C(F)(F)F)c1)C[C@H](CCC(=O)O)O2. The molecule has 3 aromatic rings. The Labute approximate surface area is 193 Å². The summed E-state index contributed by atoms with van der Waals surface area (Å²) in [5.74, 6) is -0.892. The number of halogens is 3. The van der Waals surface area contributed by atoms with Gasteiger partial charge in [0.2, 0.25) is 0 Å². The highest BCUT2D eigenvalue weighted by Crippen LogP contribution is 2.41. The van der Waals surface area contributed by atoms with Crippen molar-refractivity contribution in [3.8, 4) is 17.0 Å². The Morgan fingerprint density at radius 2 is 1.97 bits per heavy atom. The van der Waals surface area contributed by atoms with Crippen molar-refractivity contribution in [2.75, 3.05) is 10.8 Å². The van der Waals surface area contributed by atoms with Crippen molar-refractivity contribution in [2.24, 2.45) is 7.05 Å². The number of carboxylic acid groups (broad SMARTS) is 1. The van der Waals surface area contributed by atoms with Crippen LogP contribution in [0.3, 0.4) is 0 Å². The first-order valence-electron chi connectivity index (χ1n) is 10.2. The maximum absolute atomic E-state index is 13.5. The lowest BCUT2D eigenvalue weighted by Gasteiger charge is -2.35. The molecule has 0 unspecified atom stereocenters. The van der Waals surface area contributed by atoms with Crippen LogP contribution in [0.15, 0.2) is 59.6 Å². The minimum Gasteiger partial charge on any atom is -0.486 e. The number of hydrogen-bond donors (Lipinski definition) is 1. The molecule has 0 saturated carbocycles. The molecular formula is C22H20F3N3O5S. The maximum Gasteiger partial charge on any atom is 0.416 e. The van der Waals surface area contributed by atoms with E-state index >= 15 is 0 Å². The zero-order valence-electron chi connectivity index (χ0n) is 17.9. The van der Waals surface area contributed by atoms with Crippen LogP contribution >= 0.6 is 0 Å². The van der Waals surface area contributed by atoms with E-state index in [1.165, 1.54) is 0 Å². The highest BCUT2D eigenvalue weighted by atomic mass is 32.2. The predicted molar refractivity (Wildman–Crippen MR) is 116 cm³/mol. The van der Waals surface area contributed by atoms with Crippen molar-refractivity contribution < 1.29 is 36.2 Å². The molecule has 1 aliphatic rings. The first-order chi connectivity index (χ1) is 16.0. The fourth-order valence-electron chi connectivity index (χ4n) is 3.75. The van der Waals surface area contributed by atoms with Gasteiger partial charge in [-0.2, -0.15) is 18.3 Å². The Morgan fingerprint density at radius 3 is 2.62 bits per heavy atom. The third-order valence-corrected chi connectivity index (χ3v) is 7.21. The number of ether oxygens (including phenoxy) is 1. The summed E-state index contributed by atoms with van der Waals surface area (Å²) in [4.78, 5) is 10.5. The van der Waals surface area contributed by atoms with Gasteiger partial charge in [-0.25, -0.2) is 8.42 Å². The Hall–Kier alpha value is -3.54. The fraction of sp³-hybridized carbons (Fsp3) is 0.273. The summed E-state index contributed by atoms with van der Waals surface area (Å²) in [6, 6.07) is 10.0. The van der Waals surface area contributed by atoms with Crippen LogP contribution in [0.25, 0.3) is 11.3 Å². The second-order valence-electron chi connectivity index (χ2n) is 7.76. The highest BCUT2D eigenvalue weighted by Gasteiger charge is 2.37. The summed E-state index contributed by atoms with van der Waals surface area (Å²) in [6.45, 7) is -0.256. The molecule has 0 radical (unpaired) electrons. The van der Waals surface area contributed by atoms with Crippen molar-refractivity contribution in [2.45, 2.75) is 30.0 Å². The van der Waals surface area contributed by atoms with Crippen LogP contribution in [0.5, 0.6) is 5.75 Å². The van der Waals surface area contributed by atoms with E-state index in [1.54, 1.807) is 42.2 Å². The van der Waals surface area contributed by atoms with Crippen molar-refractivity contribution >= 4 is 21.7 Å². The molecule has 2 heterocycles. The molecule has 0 aliphatic carbocycles. The van der Waals surface area contributed by atoms with E-state index < -0.39 is 38.7 Å². The lowest BCUT2D eigenvalue weighted by atomic mass is 10.1. The zero-order chi connectivity index (χ0) is 24.7. The molecule has 34 heavy (non-hydrogen) atoms. The number of aromatic nitrogens is 2. The second kappa shape index (κ2) is 8.67. The maximum atomic E-state index is 13.5. The summed E-state index contributed by atoms with van der Waals surface area (Å²) in [5.41, 5.74) is 0.360. The van der Waals surface area contributed by atoms with E-state index in [1.807, 2.05) is 0 Å². The van der Waals surface area contributed by atoms with Gasteiger partial charge in [-0.05, 0) is 48.9 Å². The molecule has 180 valence electrons. The molecule has 0 spiro atoms. The van der Waals surface area contributed by atoms with E-state index in [0.29, 0.717) is 17.3 Å². The molecule has 8 nitrogen and oxygen atoms in total. The van der Waals surface area contributed by atoms with E-state index in [-0.39, 0.29) is 30.8 Å². The molecule has 0 saturated heterocycles. The minimum absolute atomic E-state index is 0.0207. The predicted octanol–water partition coefficient (Wildman–Crippen LogP) is 3.93. The molecule has 0 bridgehead atoms. The molecule has 1 atom stereocenters. The quantitative estimate of drug-likeness (QED) is 0.556. The molecule has 0 fully saturated rings. The molecule has 2 aromatic carbocycles. The molecule has 1 N–H and O–H groups in total. The number of nitrogens with zero attached hydrogens (tertiary/aromatic N) is 3. The number of aliphatic carboxylic acids is 1. The Morgan fingerprint density at radius 1 is 1.21 bits per heavy atom. The molecule has 4 rings (SSSR count). The molecule has 0 amide bonds. The number of carbonyl (C=O) groups is 1. The van der Waals surface area contributed by atoms with Crippen molar-refractivity contribution in [1.29, 1.82) is 0 Å². The first-order valence-corrected chi connectivity index (χ1v) is 11.6. The summed E-state index contributed by atoms with van der Waals surface area (Å²) in [5, 5.41) is 13.1. The van der Waals surface area contributed by atoms with Gasteiger partial charge in [-0.15, -0.1) is 0 Å². The van der Waals surface area contributed by atoms with Crippen LogP contribution in [-0.4, -0.2) is 41.9 Å². The summed E-state index contributed by atoms with van der Waals surface area (Å²) < 4.78 is 75.2. The van der Waals surface area contributed by atoms with Gasteiger partial charge in [-0.3, -0.25) is 13.8 Å². The lowest BCUT2D eigenvalue weighted by Crippen LogP contribution is -2.43. The fourth-order valence-corrected chi connectivity index (χ4v) is 5.30. The number of rotatable bonds is 6. The molecule has 1 aromatic heterocycles. The summed E-state index contributed by atoms with van der Waals surface area (Å²) in [6.07, 6.45) is -4.18. The van der Waals surface area contributed by atoms with Crippen LogP contribution < -0.4 is 9.04 Å². The average molecular weight is 495 g/mol. The zero-order valence-corrected chi connectivity index (χ0v) is 18.7. The number of sulfonamides is 1. The number of benzene rings is 2. The number of alkyl halides is 3. The standard InChI is InChI=1S/C22H20F3N3O5S/c1-27-18(9-10-26-27)14-5-7-20-19(11-14)28(13-16(33-20)6-8-21(29)30)34(31,32)17-4-2-3-15(12-17)22(23,24)25/h2-5,7,9-12,16H,6,8,13H2,1H3,(H,29,30)/t16-/m0/s1. The van der Waals surface area contributed by atoms with E-state index in [2.05, 4.69) is 5.10 Å². The largest absolute Gasteiger partial charge is 0.486 e. The van der Waals surface area contributed by atoms with Crippen molar-refractivity contribution in [3.05, 3.63) is 60.3 Å². The van der Waals surface area contributed by atoms with Gasteiger partial charge in [0.25, 0.3) is 10.0 Å². The normalized spacial score (nSPS) is 16.1. The summed E-state index contributed by atoms with van der Waals surface area (Å²) in [7, 11) is -2.73. The van der Waals surface area contributed by atoms with Crippen LogP contribution in [0.4, 0.5) is 18.9 Å². The third kappa shape index (κ3) is 4.58. The topological polar surface area (TPSA) is 102 Å². The van der Waals surface area contributed by atoms with Gasteiger partial charge in [0.1, 0.15) is 11.9 Å².